The molecule has 138 valence electrons. The summed E-state index contributed by atoms with van der Waals surface area (Å²) in [5.74, 6) is 0.522. The quantitative estimate of drug-likeness (QED) is 0.825. The largest absolute Gasteiger partial charge is 0.491 e. The standard InChI is InChI=1S/C18H27N3O4/c1-4-9-25-16-12-13(2)5-6-15(16)20-18(23)19-14(3)17(22)21-7-10-24-11-8-21/h5-6,12,14H,4,7-11H2,1-3H3,(H2,19,20,23)/t14-/m0/s1. The highest BCUT2D eigenvalue weighted by Gasteiger charge is 2.23. The van der Waals surface area contributed by atoms with E-state index in [2.05, 4.69) is 10.6 Å². The van der Waals surface area contributed by atoms with E-state index < -0.39 is 12.1 Å². The lowest BCUT2D eigenvalue weighted by molar-refractivity contribution is -0.136. The third-order valence-corrected chi connectivity index (χ3v) is 3.89. The van der Waals surface area contributed by atoms with Crippen LogP contribution in [0.25, 0.3) is 0 Å². The van der Waals surface area contributed by atoms with Crippen LogP contribution in [0.5, 0.6) is 5.75 Å². The van der Waals surface area contributed by atoms with Crippen molar-refractivity contribution in [2.75, 3.05) is 38.2 Å². The van der Waals surface area contributed by atoms with Crippen LogP contribution in [0, 0.1) is 6.92 Å². The van der Waals surface area contributed by atoms with E-state index in [0.29, 0.717) is 44.3 Å². The number of carbonyl (C=O) groups is 2. The molecule has 0 spiro atoms. The second-order valence-corrected chi connectivity index (χ2v) is 6.11. The Bertz CT molecular complexity index is 600. The molecule has 1 aliphatic heterocycles. The molecule has 2 rings (SSSR count). The molecule has 3 amide bonds. The summed E-state index contributed by atoms with van der Waals surface area (Å²) in [5.41, 5.74) is 1.63. The van der Waals surface area contributed by atoms with Crippen molar-refractivity contribution in [2.45, 2.75) is 33.2 Å². The molecule has 0 unspecified atom stereocenters. The van der Waals surface area contributed by atoms with Crippen molar-refractivity contribution in [1.82, 2.24) is 10.2 Å². The summed E-state index contributed by atoms with van der Waals surface area (Å²) in [5, 5.41) is 5.45. The predicted molar refractivity (Wildman–Crippen MR) is 96.0 cm³/mol. The van der Waals surface area contributed by atoms with Crippen LogP contribution >= 0.6 is 0 Å². The van der Waals surface area contributed by atoms with Crippen LogP contribution in [0.2, 0.25) is 0 Å². The minimum absolute atomic E-state index is 0.107. The van der Waals surface area contributed by atoms with Gasteiger partial charge in [-0.2, -0.15) is 0 Å². The predicted octanol–water partition coefficient (Wildman–Crippen LogP) is 2.15. The van der Waals surface area contributed by atoms with Crippen LogP contribution < -0.4 is 15.4 Å². The summed E-state index contributed by atoms with van der Waals surface area (Å²) in [7, 11) is 0. The number of morpholine rings is 1. The number of nitrogens with one attached hydrogen (secondary N) is 2. The van der Waals surface area contributed by atoms with Crippen LogP contribution in [0.3, 0.4) is 0 Å². The Kier molecular flexibility index (Phi) is 7.06. The fourth-order valence-corrected chi connectivity index (χ4v) is 2.54. The minimum Gasteiger partial charge on any atom is -0.491 e. The summed E-state index contributed by atoms with van der Waals surface area (Å²) in [6, 6.07) is 4.54. The van der Waals surface area contributed by atoms with Gasteiger partial charge in [0.15, 0.2) is 0 Å². The van der Waals surface area contributed by atoms with Gasteiger partial charge in [-0.15, -0.1) is 0 Å². The molecule has 0 aliphatic carbocycles. The van der Waals surface area contributed by atoms with Gasteiger partial charge in [-0.05, 0) is 38.0 Å². The second kappa shape index (κ2) is 9.27. The average Bonchev–Trinajstić information content (AvgIpc) is 2.61. The van der Waals surface area contributed by atoms with Crippen LogP contribution in [-0.2, 0) is 9.53 Å². The van der Waals surface area contributed by atoms with E-state index in [0.717, 1.165) is 12.0 Å². The van der Waals surface area contributed by atoms with Crippen molar-refractivity contribution in [1.29, 1.82) is 0 Å². The zero-order valence-corrected chi connectivity index (χ0v) is 15.1. The molecule has 0 bridgehead atoms. The number of anilines is 1. The highest BCUT2D eigenvalue weighted by atomic mass is 16.5. The van der Waals surface area contributed by atoms with Gasteiger partial charge in [-0.25, -0.2) is 4.79 Å². The lowest BCUT2D eigenvalue weighted by Gasteiger charge is -2.29. The molecule has 1 heterocycles. The zero-order valence-electron chi connectivity index (χ0n) is 15.1. The molecule has 7 nitrogen and oxygen atoms in total. The molecule has 1 atom stereocenters. The zero-order chi connectivity index (χ0) is 18.2. The highest BCUT2D eigenvalue weighted by Crippen LogP contribution is 2.25. The summed E-state index contributed by atoms with van der Waals surface area (Å²) in [6.45, 7) is 8.42. The Morgan fingerprint density at radius 1 is 1.32 bits per heavy atom. The first-order chi connectivity index (χ1) is 12.0. The topological polar surface area (TPSA) is 79.9 Å². The lowest BCUT2D eigenvalue weighted by Crippen LogP contribution is -2.51. The normalized spacial score (nSPS) is 15.4. The number of carbonyl (C=O) groups excluding carboxylic acids is 2. The Balaban J connectivity index is 1.93. The molecule has 0 saturated carbocycles. The van der Waals surface area contributed by atoms with Crippen molar-refractivity contribution in [3.05, 3.63) is 23.8 Å². The summed E-state index contributed by atoms with van der Waals surface area (Å²) in [6.07, 6.45) is 0.880. The number of benzene rings is 1. The lowest BCUT2D eigenvalue weighted by atomic mass is 10.2. The molecule has 1 aromatic carbocycles. The van der Waals surface area contributed by atoms with E-state index in [4.69, 9.17) is 9.47 Å². The molecule has 1 saturated heterocycles. The summed E-state index contributed by atoms with van der Waals surface area (Å²) < 4.78 is 10.9. The highest BCUT2D eigenvalue weighted by molar-refractivity contribution is 5.94. The summed E-state index contributed by atoms with van der Waals surface area (Å²) in [4.78, 5) is 26.3. The average molecular weight is 349 g/mol. The Hall–Kier alpha value is -2.28. The SMILES string of the molecule is CCCOc1cc(C)ccc1NC(=O)N[C@@H](C)C(=O)N1CCOCC1. The van der Waals surface area contributed by atoms with Gasteiger partial charge in [0.1, 0.15) is 11.8 Å². The fourth-order valence-electron chi connectivity index (χ4n) is 2.54. The first-order valence-corrected chi connectivity index (χ1v) is 8.68. The van der Waals surface area contributed by atoms with Gasteiger partial charge < -0.3 is 25.0 Å². The van der Waals surface area contributed by atoms with Gasteiger partial charge in [0, 0.05) is 13.1 Å². The van der Waals surface area contributed by atoms with Crippen LogP contribution in [0.1, 0.15) is 25.8 Å². The number of urea groups is 1. The number of amides is 3. The van der Waals surface area contributed by atoms with E-state index >= 15 is 0 Å². The summed E-state index contributed by atoms with van der Waals surface area (Å²) >= 11 is 0. The van der Waals surface area contributed by atoms with Gasteiger partial charge in [-0.1, -0.05) is 13.0 Å². The number of ether oxygens (including phenoxy) is 2. The maximum absolute atomic E-state index is 12.3. The van der Waals surface area contributed by atoms with Crippen molar-refractivity contribution < 1.29 is 19.1 Å². The van der Waals surface area contributed by atoms with Crippen molar-refractivity contribution >= 4 is 17.6 Å². The number of aryl methyl sites for hydroxylation is 1. The third kappa shape index (κ3) is 5.63. The Morgan fingerprint density at radius 3 is 2.72 bits per heavy atom. The van der Waals surface area contributed by atoms with Crippen molar-refractivity contribution in [2.24, 2.45) is 0 Å². The number of nitrogens with zero attached hydrogens (tertiary/aromatic N) is 1. The van der Waals surface area contributed by atoms with Crippen LogP contribution in [-0.4, -0.2) is 55.8 Å². The minimum atomic E-state index is -0.608. The number of hydrogen-bond acceptors (Lipinski definition) is 4. The van der Waals surface area contributed by atoms with Crippen molar-refractivity contribution in [3.8, 4) is 5.75 Å². The smallest absolute Gasteiger partial charge is 0.319 e. The van der Waals surface area contributed by atoms with Gasteiger partial charge in [0.25, 0.3) is 0 Å². The molecule has 7 heteroatoms. The molecular weight excluding hydrogens is 322 g/mol. The number of rotatable bonds is 6. The maximum atomic E-state index is 12.3. The van der Waals surface area contributed by atoms with Gasteiger partial charge in [0.2, 0.25) is 5.91 Å². The van der Waals surface area contributed by atoms with E-state index in [1.54, 1.807) is 17.9 Å². The maximum Gasteiger partial charge on any atom is 0.319 e. The molecule has 1 aliphatic rings. The van der Waals surface area contributed by atoms with Crippen LogP contribution in [0.4, 0.5) is 10.5 Å². The van der Waals surface area contributed by atoms with Gasteiger partial charge in [-0.3, -0.25) is 4.79 Å². The van der Waals surface area contributed by atoms with E-state index in [1.807, 2.05) is 26.0 Å². The molecular formula is C18H27N3O4. The van der Waals surface area contributed by atoms with E-state index in [9.17, 15) is 9.59 Å². The Morgan fingerprint density at radius 2 is 2.04 bits per heavy atom. The molecule has 2 N–H and O–H groups in total. The Labute approximate surface area is 148 Å². The molecule has 1 aromatic rings. The van der Waals surface area contributed by atoms with Gasteiger partial charge >= 0.3 is 6.03 Å². The molecule has 0 aromatic heterocycles. The van der Waals surface area contributed by atoms with E-state index in [1.165, 1.54) is 0 Å². The first-order valence-electron chi connectivity index (χ1n) is 8.68. The van der Waals surface area contributed by atoms with Crippen molar-refractivity contribution in [3.63, 3.8) is 0 Å². The third-order valence-electron chi connectivity index (χ3n) is 3.89. The molecule has 25 heavy (non-hydrogen) atoms. The van der Waals surface area contributed by atoms with Crippen LogP contribution in [0.15, 0.2) is 18.2 Å². The van der Waals surface area contributed by atoms with Gasteiger partial charge in [0.05, 0.1) is 25.5 Å². The number of hydrogen-bond donors (Lipinski definition) is 2. The second-order valence-electron chi connectivity index (χ2n) is 6.11. The molecule has 0 radical (unpaired) electrons. The molecule has 1 fully saturated rings. The first kappa shape index (κ1) is 19.1. The van der Waals surface area contributed by atoms with E-state index in [-0.39, 0.29) is 5.91 Å². The fraction of sp³-hybridized carbons (Fsp3) is 0.556. The monoisotopic (exact) mass is 349 g/mol.